The van der Waals surface area contributed by atoms with Crippen molar-refractivity contribution in [2.75, 3.05) is 10.6 Å². The maximum Gasteiger partial charge on any atom is 0.267 e. The molecule has 1 aromatic carbocycles. The van der Waals surface area contributed by atoms with E-state index in [1.165, 1.54) is 6.20 Å². The summed E-state index contributed by atoms with van der Waals surface area (Å²) in [6.45, 7) is 0.342. The molecule has 0 aliphatic carbocycles. The molecule has 0 aliphatic heterocycles. The van der Waals surface area contributed by atoms with Gasteiger partial charge in [-0.25, -0.2) is 9.97 Å². The topological polar surface area (TPSA) is 123 Å². The van der Waals surface area contributed by atoms with E-state index in [0.29, 0.717) is 23.7 Å². The van der Waals surface area contributed by atoms with E-state index >= 15 is 0 Å². The molecule has 2 amide bonds. The van der Waals surface area contributed by atoms with Gasteiger partial charge in [-0.05, 0) is 41.3 Å². The van der Waals surface area contributed by atoms with Gasteiger partial charge in [-0.3, -0.25) is 14.6 Å². The minimum absolute atomic E-state index is 0.177. The first kappa shape index (κ1) is 19.0. The van der Waals surface area contributed by atoms with E-state index in [9.17, 15) is 9.59 Å². The Labute approximate surface area is 172 Å². The van der Waals surface area contributed by atoms with Gasteiger partial charge in [0.1, 0.15) is 17.3 Å². The van der Waals surface area contributed by atoms with Crippen LogP contribution in [0.1, 0.15) is 26.4 Å². The molecule has 0 saturated heterocycles. The number of carbonyl (C=O) groups is 2. The zero-order valence-electron chi connectivity index (χ0n) is 15.9. The van der Waals surface area contributed by atoms with Crippen molar-refractivity contribution in [3.8, 4) is 0 Å². The summed E-state index contributed by atoms with van der Waals surface area (Å²) in [6.07, 6.45) is 4.82. The molecule has 0 atom stereocenters. The molecule has 3 heterocycles. The smallest absolute Gasteiger partial charge is 0.267 e. The third-order valence-corrected chi connectivity index (χ3v) is 4.46. The van der Waals surface area contributed by atoms with Crippen LogP contribution in [0.5, 0.6) is 0 Å². The molecule has 0 bridgehead atoms. The van der Waals surface area contributed by atoms with E-state index in [1.54, 1.807) is 36.7 Å². The van der Waals surface area contributed by atoms with Gasteiger partial charge in [0.15, 0.2) is 0 Å². The molecule has 4 N–H and O–H groups in total. The van der Waals surface area contributed by atoms with Gasteiger partial charge in [0.2, 0.25) is 0 Å². The summed E-state index contributed by atoms with van der Waals surface area (Å²) in [5.41, 5.74) is 6.60. The number of nitrogens with two attached hydrogens (primary N) is 1. The molecule has 3 aromatic heterocycles. The van der Waals surface area contributed by atoms with Crippen molar-refractivity contribution in [3.05, 3.63) is 90.0 Å². The van der Waals surface area contributed by atoms with E-state index in [0.717, 1.165) is 16.3 Å². The van der Waals surface area contributed by atoms with Crippen molar-refractivity contribution in [2.45, 2.75) is 6.54 Å². The quantitative estimate of drug-likeness (QED) is 0.459. The van der Waals surface area contributed by atoms with Gasteiger partial charge in [-0.1, -0.05) is 24.3 Å². The first-order valence-corrected chi connectivity index (χ1v) is 9.20. The highest BCUT2D eigenvalue weighted by molar-refractivity contribution is 6.07. The van der Waals surface area contributed by atoms with Gasteiger partial charge in [0, 0.05) is 30.5 Å². The maximum atomic E-state index is 12.8. The number of amides is 2. The lowest BCUT2D eigenvalue weighted by Crippen LogP contribution is -2.17. The predicted octanol–water partition coefficient (Wildman–Crippen LogP) is 2.99. The third-order valence-electron chi connectivity index (χ3n) is 4.46. The number of carbonyl (C=O) groups excluding carboxylic acids is 2. The lowest BCUT2D eigenvalue weighted by atomic mass is 10.2. The Kier molecular flexibility index (Phi) is 5.29. The Balaban J connectivity index is 1.51. The van der Waals surface area contributed by atoms with Gasteiger partial charge in [0.25, 0.3) is 11.8 Å². The van der Waals surface area contributed by atoms with Crippen LogP contribution in [0.15, 0.2) is 73.2 Å². The summed E-state index contributed by atoms with van der Waals surface area (Å²) < 4.78 is 0. The molecular formula is C22H18N6O2. The predicted molar refractivity (Wildman–Crippen MR) is 114 cm³/mol. The molecule has 0 radical (unpaired) electrons. The van der Waals surface area contributed by atoms with Gasteiger partial charge in [-0.2, -0.15) is 0 Å². The minimum atomic E-state index is -0.599. The Bertz CT molecular complexity index is 1240. The summed E-state index contributed by atoms with van der Waals surface area (Å²) in [7, 11) is 0. The standard InChI is InChI=1S/C22H18N6O2/c23-20(29)18-10-14(7-9-24-18)12-27-21-17(6-3-8-25-21)22(30)28-19-11-15-4-1-2-5-16(15)13-26-19/h1-11,13H,12H2,(H2,23,29)(H,25,27)(H,26,28,30). The molecule has 0 spiro atoms. The molecule has 8 nitrogen and oxygen atoms in total. The summed E-state index contributed by atoms with van der Waals surface area (Å²) in [5.74, 6) is -0.0689. The first-order valence-electron chi connectivity index (χ1n) is 9.20. The fourth-order valence-electron chi connectivity index (χ4n) is 2.97. The lowest BCUT2D eigenvalue weighted by Gasteiger charge is -2.11. The van der Waals surface area contributed by atoms with E-state index in [-0.39, 0.29) is 11.6 Å². The Morgan fingerprint density at radius 1 is 0.900 bits per heavy atom. The molecule has 0 saturated carbocycles. The van der Waals surface area contributed by atoms with Crippen LogP contribution in [0.25, 0.3) is 10.8 Å². The highest BCUT2D eigenvalue weighted by Crippen LogP contribution is 2.19. The molecule has 4 rings (SSSR count). The van der Waals surface area contributed by atoms with Crippen molar-refractivity contribution in [2.24, 2.45) is 5.73 Å². The van der Waals surface area contributed by atoms with Crippen LogP contribution < -0.4 is 16.4 Å². The van der Waals surface area contributed by atoms with Gasteiger partial charge in [-0.15, -0.1) is 0 Å². The fraction of sp³-hybridized carbons (Fsp3) is 0.0455. The van der Waals surface area contributed by atoms with Crippen LogP contribution in [0.3, 0.4) is 0 Å². The monoisotopic (exact) mass is 398 g/mol. The number of hydrogen-bond acceptors (Lipinski definition) is 6. The highest BCUT2D eigenvalue weighted by Gasteiger charge is 2.13. The van der Waals surface area contributed by atoms with Crippen LogP contribution in [0.2, 0.25) is 0 Å². The number of primary amides is 1. The average Bonchev–Trinajstić information content (AvgIpc) is 2.78. The van der Waals surface area contributed by atoms with Gasteiger partial charge in [0.05, 0.1) is 5.56 Å². The highest BCUT2D eigenvalue weighted by atomic mass is 16.2. The number of aromatic nitrogens is 3. The Morgan fingerprint density at radius 2 is 1.73 bits per heavy atom. The second kappa shape index (κ2) is 8.36. The average molecular weight is 398 g/mol. The van der Waals surface area contributed by atoms with E-state index in [4.69, 9.17) is 5.73 Å². The van der Waals surface area contributed by atoms with Crippen LogP contribution in [0.4, 0.5) is 11.6 Å². The molecule has 148 valence electrons. The molecule has 8 heteroatoms. The van der Waals surface area contributed by atoms with E-state index < -0.39 is 5.91 Å². The largest absolute Gasteiger partial charge is 0.365 e. The summed E-state index contributed by atoms with van der Waals surface area (Å²) in [5, 5.41) is 7.91. The van der Waals surface area contributed by atoms with Crippen molar-refractivity contribution in [3.63, 3.8) is 0 Å². The number of anilines is 2. The second-order valence-electron chi connectivity index (χ2n) is 6.54. The van der Waals surface area contributed by atoms with Crippen LogP contribution in [0, 0.1) is 0 Å². The van der Waals surface area contributed by atoms with Crippen molar-refractivity contribution >= 4 is 34.2 Å². The molecule has 30 heavy (non-hydrogen) atoms. The molecule has 0 aliphatic rings. The molecule has 0 fully saturated rings. The Morgan fingerprint density at radius 3 is 2.57 bits per heavy atom. The van der Waals surface area contributed by atoms with Crippen LogP contribution >= 0.6 is 0 Å². The van der Waals surface area contributed by atoms with E-state index in [1.807, 2.05) is 30.3 Å². The summed E-state index contributed by atoms with van der Waals surface area (Å²) in [4.78, 5) is 36.6. The molecule has 0 unspecified atom stereocenters. The lowest BCUT2D eigenvalue weighted by molar-refractivity contribution is 0.0993. The number of fused-ring (bicyclic) bond motifs is 1. The number of pyridine rings is 3. The molecular weight excluding hydrogens is 380 g/mol. The number of nitrogens with zero attached hydrogens (tertiary/aromatic N) is 3. The number of nitrogens with one attached hydrogen (secondary N) is 2. The zero-order valence-corrected chi connectivity index (χ0v) is 15.9. The SMILES string of the molecule is NC(=O)c1cc(CNc2ncccc2C(=O)Nc2cc3ccccc3cn2)ccn1. The van der Waals surface area contributed by atoms with Gasteiger partial charge < -0.3 is 16.4 Å². The van der Waals surface area contributed by atoms with Crippen LogP contribution in [-0.2, 0) is 6.54 Å². The van der Waals surface area contributed by atoms with Gasteiger partial charge >= 0.3 is 0 Å². The van der Waals surface area contributed by atoms with Crippen molar-refractivity contribution in [1.29, 1.82) is 0 Å². The first-order chi connectivity index (χ1) is 14.6. The number of hydrogen-bond donors (Lipinski definition) is 3. The van der Waals surface area contributed by atoms with Crippen molar-refractivity contribution < 1.29 is 9.59 Å². The van der Waals surface area contributed by atoms with Crippen molar-refractivity contribution in [1.82, 2.24) is 15.0 Å². The number of benzene rings is 1. The minimum Gasteiger partial charge on any atom is -0.365 e. The Hall–Kier alpha value is -4.33. The second-order valence-corrected chi connectivity index (χ2v) is 6.54. The molecule has 4 aromatic rings. The zero-order chi connectivity index (χ0) is 20.9. The third kappa shape index (κ3) is 4.22. The summed E-state index contributed by atoms with van der Waals surface area (Å²) >= 11 is 0. The summed E-state index contributed by atoms with van der Waals surface area (Å²) in [6, 6.07) is 16.3. The normalized spacial score (nSPS) is 10.5. The van der Waals surface area contributed by atoms with Crippen LogP contribution in [-0.4, -0.2) is 26.8 Å². The maximum absolute atomic E-state index is 12.8. The number of rotatable bonds is 6. The fourth-order valence-corrected chi connectivity index (χ4v) is 2.97. The van der Waals surface area contributed by atoms with E-state index in [2.05, 4.69) is 25.6 Å².